The first-order valence-corrected chi connectivity index (χ1v) is 16.0. The predicted octanol–water partition coefficient (Wildman–Crippen LogP) is 9.89. The van der Waals surface area contributed by atoms with Crippen molar-refractivity contribution in [3.63, 3.8) is 0 Å². The normalized spacial score (nSPS) is 18.6. The Morgan fingerprint density at radius 1 is 0.558 bits per heavy atom. The molecule has 0 heterocycles. The van der Waals surface area contributed by atoms with E-state index >= 15 is 0 Å². The average molecular weight is 799 g/mol. The van der Waals surface area contributed by atoms with Crippen LogP contribution < -0.4 is 9.47 Å². The van der Waals surface area contributed by atoms with Crippen molar-refractivity contribution in [1.82, 2.24) is 0 Å². The van der Waals surface area contributed by atoms with Gasteiger partial charge in [-0.05, 0) is 73.9 Å². The van der Waals surface area contributed by atoms with Gasteiger partial charge in [-0.15, -0.1) is 0 Å². The molecule has 1 fully saturated rings. The summed E-state index contributed by atoms with van der Waals surface area (Å²) >= 11 is 0. The number of carbonyl (C=O) groups is 1. The summed E-state index contributed by atoms with van der Waals surface area (Å²) in [6, 6.07) is 7.92. The van der Waals surface area contributed by atoms with E-state index in [9.17, 15) is 79.1 Å². The fourth-order valence-corrected chi connectivity index (χ4v) is 5.52. The first-order chi connectivity index (χ1) is 23.6. The summed E-state index contributed by atoms with van der Waals surface area (Å²) in [5.41, 5.74) is -1.67. The Morgan fingerprint density at radius 2 is 0.962 bits per heavy atom. The third-order valence-corrected chi connectivity index (χ3v) is 8.74. The lowest BCUT2D eigenvalue weighted by molar-refractivity contribution is -0.382. The first kappa shape index (κ1) is 42.6. The van der Waals surface area contributed by atoms with E-state index in [2.05, 4.69) is 4.18 Å². The summed E-state index contributed by atoms with van der Waals surface area (Å²) in [4.78, 5) is 11.0. The van der Waals surface area contributed by atoms with Crippen molar-refractivity contribution in [3.8, 4) is 11.5 Å². The fraction of sp³-hybridized carbons (Fsp3) is 0.500. The molecule has 0 aromatic heterocycles. The molecule has 52 heavy (non-hydrogen) atoms. The van der Waals surface area contributed by atoms with E-state index < -0.39 is 75.2 Å². The van der Waals surface area contributed by atoms with Gasteiger partial charge in [0.05, 0.1) is 17.2 Å². The second-order valence-electron chi connectivity index (χ2n) is 11.3. The largest absolute Gasteiger partial charge is 0.490 e. The molecule has 6 nitrogen and oxygen atoms in total. The van der Waals surface area contributed by atoms with E-state index in [0.717, 1.165) is 24.3 Å². The van der Waals surface area contributed by atoms with Crippen LogP contribution in [0.2, 0.25) is 0 Å². The molecule has 2 aliphatic carbocycles. The predicted molar refractivity (Wildman–Crippen MR) is 148 cm³/mol. The van der Waals surface area contributed by atoms with Gasteiger partial charge in [0, 0.05) is 25.7 Å². The lowest BCUT2D eigenvalue weighted by atomic mass is 9.96. The van der Waals surface area contributed by atoms with E-state index in [-0.39, 0.29) is 30.5 Å². The molecule has 2 aliphatic rings. The smallest absolute Gasteiger partial charge is 0.460 e. The number of ether oxygens (including phenoxy) is 2. The van der Waals surface area contributed by atoms with Crippen molar-refractivity contribution >= 4 is 15.9 Å². The quantitative estimate of drug-likeness (QED) is 0.186. The third kappa shape index (κ3) is 9.97. The minimum Gasteiger partial charge on any atom is -0.490 e. The Morgan fingerprint density at radius 3 is 1.33 bits per heavy atom. The Balaban J connectivity index is 0.000000338. The highest BCUT2D eigenvalue weighted by atomic mass is 32.2. The van der Waals surface area contributed by atoms with Crippen LogP contribution >= 0.6 is 0 Å². The maximum atomic E-state index is 13.7. The second kappa shape index (κ2) is 15.2. The highest BCUT2D eigenvalue weighted by Crippen LogP contribution is 2.55. The standard InChI is InChI=1S/C17H12F12O4S.C13H13F3O2/c18-13(19,20)9-1-3-10(4-2-9)32-11-5-7-12(8-6-11)33-34(30,31)17(28,29)15(23,24)14(21,22)16(25,26)27;14-13(15,16)9-1-5-11(6-2-9)18-12-7-3-10(17)4-8-12/h1-4,7,11H,5-6,8H2;1-2,5-6,12H,3-4,7-8H2. The number of benzene rings is 2. The molecule has 2 aromatic carbocycles. The topological polar surface area (TPSA) is 78.9 Å². The van der Waals surface area contributed by atoms with Gasteiger partial charge in [0.2, 0.25) is 0 Å². The van der Waals surface area contributed by atoms with Crippen molar-refractivity contribution < 1.29 is 92.7 Å². The molecule has 0 saturated heterocycles. The maximum absolute atomic E-state index is 13.7. The minimum atomic E-state index is -7.42. The lowest BCUT2D eigenvalue weighted by Gasteiger charge is -2.33. The average Bonchev–Trinajstić information content (AvgIpc) is 3.02. The SMILES string of the molecule is O=C1CCC(Oc2ccc(C(F)(F)F)cc2)CC1.O=S(=O)(OC1=CCC(Oc2ccc(C(F)(F)F)cc2)CC1)C(F)(F)C(F)(F)C(F)(F)C(F)(F)F. The van der Waals surface area contributed by atoms with Crippen LogP contribution in [0.3, 0.4) is 0 Å². The van der Waals surface area contributed by atoms with Crippen LogP contribution in [-0.4, -0.2) is 49.7 Å². The third-order valence-electron chi connectivity index (χ3n) is 7.43. The summed E-state index contributed by atoms with van der Waals surface area (Å²) in [7, 11) is -7.03. The number of ketones is 1. The van der Waals surface area contributed by atoms with Gasteiger partial charge < -0.3 is 13.7 Å². The highest BCUT2D eigenvalue weighted by Gasteiger charge is 2.86. The van der Waals surface area contributed by atoms with Crippen LogP contribution in [0.25, 0.3) is 0 Å². The molecule has 0 bridgehead atoms. The zero-order valence-corrected chi connectivity index (χ0v) is 26.6. The lowest BCUT2D eigenvalue weighted by Crippen LogP contribution is -2.63. The van der Waals surface area contributed by atoms with Crippen LogP contribution in [0.1, 0.15) is 56.1 Å². The number of allylic oxidation sites excluding steroid dienone is 1. The van der Waals surface area contributed by atoms with Crippen LogP contribution in [0.15, 0.2) is 60.4 Å². The molecule has 1 unspecified atom stereocenters. The number of alkyl halides is 15. The van der Waals surface area contributed by atoms with Gasteiger partial charge in [0.1, 0.15) is 29.1 Å². The maximum Gasteiger partial charge on any atom is 0.460 e. The van der Waals surface area contributed by atoms with Gasteiger partial charge in [0.25, 0.3) is 0 Å². The molecule has 22 heteroatoms. The Labute approximate surface area is 284 Å². The Bertz CT molecular complexity index is 1650. The van der Waals surface area contributed by atoms with Gasteiger partial charge in [-0.25, -0.2) is 0 Å². The van der Waals surface area contributed by atoms with Gasteiger partial charge in [-0.2, -0.15) is 74.3 Å². The molecule has 292 valence electrons. The Hall–Kier alpha value is -3.85. The number of carbonyl (C=O) groups excluding carboxylic acids is 1. The van der Waals surface area contributed by atoms with E-state index in [4.69, 9.17) is 9.47 Å². The highest BCUT2D eigenvalue weighted by molar-refractivity contribution is 7.88. The summed E-state index contributed by atoms with van der Waals surface area (Å²) in [5, 5.41) is -6.98. The van der Waals surface area contributed by atoms with Crippen LogP contribution in [-0.2, 0) is 31.4 Å². The molecule has 0 aliphatic heterocycles. The van der Waals surface area contributed by atoms with Crippen LogP contribution in [0.5, 0.6) is 11.5 Å². The summed E-state index contributed by atoms with van der Waals surface area (Å²) in [6.45, 7) is 0. The van der Waals surface area contributed by atoms with Crippen LogP contribution in [0, 0.1) is 0 Å². The molecule has 0 amide bonds. The molecule has 0 N–H and O–H groups in total. The molecular weight excluding hydrogens is 773 g/mol. The molecule has 2 aromatic rings. The monoisotopic (exact) mass is 798 g/mol. The molecule has 4 rings (SSSR count). The van der Waals surface area contributed by atoms with Gasteiger partial charge in [-0.1, -0.05) is 0 Å². The van der Waals surface area contributed by atoms with Gasteiger partial charge >= 0.3 is 45.7 Å². The number of rotatable bonds is 9. The first-order valence-electron chi connectivity index (χ1n) is 14.6. The van der Waals surface area contributed by atoms with Crippen molar-refractivity contribution in [2.75, 3.05) is 0 Å². The molecule has 0 radical (unpaired) electrons. The zero-order chi connectivity index (χ0) is 39.6. The molecular formula is C30H25F15O6S. The second-order valence-corrected chi connectivity index (χ2v) is 12.9. The van der Waals surface area contributed by atoms with Gasteiger partial charge in [-0.3, -0.25) is 4.79 Å². The molecule has 1 saturated carbocycles. The number of halogens is 15. The van der Waals surface area contributed by atoms with E-state index in [1.54, 1.807) is 0 Å². The van der Waals surface area contributed by atoms with Crippen molar-refractivity contribution in [3.05, 3.63) is 71.5 Å². The zero-order valence-electron chi connectivity index (χ0n) is 25.8. The van der Waals surface area contributed by atoms with E-state index in [0.29, 0.717) is 49.6 Å². The van der Waals surface area contributed by atoms with Crippen molar-refractivity contribution in [2.24, 2.45) is 0 Å². The molecule has 1 atom stereocenters. The summed E-state index contributed by atoms with van der Waals surface area (Å²) in [6.07, 6.45) is -15.4. The summed E-state index contributed by atoms with van der Waals surface area (Å²) in [5.74, 6) is -15.2. The fourth-order valence-electron chi connectivity index (χ4n) is 4.54. The number of hydrogen-bond acceptors (Lipinski definition) is 6. The van der Waals surface area contributed by atoms with E-state index in [1.807, 2.05) is 0 Å². The molecule has 0 spiro atoms. The van der Waals surface area contributed by atoms with Crippen molar-refractivity contribution in [2.45, 2.75) is 92.8 Å². The van der Waals surface area contributed by atoms with E-state index in [1.165, 1.54) is 12.1 Å². The number of Topliss-reactive ketones (excluding diaryl/α,β-unsaturated/α-hetero) is 1. The summed E-state index contributed by atoms with van der Waals surface area (Å²) < 4.78 is 228. The van der Waals surface area contributed by atoms with Gasteiger partial charge in [0.15, 0.2) is 0 Å². The minimum absolute atomic E-state index is 0.0658. The van der Waals surface area contributed by atoms with Crippen molar-refractivity contribution in [1.29, 1.82) is 0 Å². The Kier molecular flexibility index (Phi) is 12.5. The van der Waals surface area contributed by atoms with Crippen LogP contribution in [0.4, 0.5) is 65.9 Å². The number of hydrogen-bond donors (Lipinski definition) is 0.